The molecule has 1 amide bonds. The molecule has 0 saturated carbocycles. The molecule has 0 spiro atoms. The van der Waals surface area contributed by atoms with Crippen LogP contribution in [0.5, 0.6) is 0 Å². The Morgan fingerprint density at radius 2 is 1.94 bits per heavy atom. The summed E-state index contributed by atoms with van der Waals surface area (Å²) in [6, 6.07) is 4.28. The van der Waals surface area contributed by atoms with Crippen LogP contribution in [0.4, 0.5) is 13.2 Å². The lowest BCUT2D eigenvalue weighted by molar-refractivity contribution is -0.137. The highest BCUT2D eigenvalue weighted by atomic mass is 19.4. The molecule has 1 fully saturated rings. The Balaban J connectivity index is 2.02. The van der Waals surface area contributed by atoms with E-state index in [1.165, 1.54) is 12.1 Å². The zero-order valence-corrected chi connectivity index (χ0v) is 9.55. The highest BCUT2D eigenvalue weighted by Gasteiger charge is 2.30. The lowest BCUT2D eigenvalue weighted by Crippen LogP contribution is -2.36. The van der Waals surface area contributed by atoms with E-state index in [1.807, 2.05) is 0 Å². The van der Waals surface area contributed by atoms with Gasteiger partial charge in [-0.1, -0.05) is 0 Å². The number of carbonyl (C=O) groups excluding carboxylic acids is 1. The first-order chi connectivity index (χ1) is 8.47. The van der Waals surface area contributed by atoms with Gasteiger partial charge in [0.05, 0.1) is 5.56 Å². The van der Waals surface area contributed by atoms with Gasteiger partial charge < -0.3 is 10.6 Å². The van der Waals surface area contributed by atoms with Gasteiger partial charge in [0.1, 0.15) is 0 Å². The molecular weight excluding hydrogens is 245 g/mol. The maximum absolute atomic E-state index is 12.3. The Kier molecular flexibility index (Phi) is 3.56. The summed E-state index contributed by atoms with van der Waals surface area (Å²) in [6.07, 6.45) is -3.53. The molecule has 1 aliphatic rings. The van der Waals surface area contributed by atoms with Crippen molar-refractivity contribution in [3.63, 3.8) is 0 Å². The third-order valence-electron chi connectivity index (χ3n) is 2.87. The Morgan fingerprint density at radius 1 is 1.28 bits per heavy atom. The normalized spacial score (nSPS) is 19.8. The van der Waals surface area contributed by atoms with E-state index >= 15 is 0 Å². The van der Waals surface area contributed by atoms with E-state index in [4.69, 9.17) is 0 Å². The molecule has 1 aliphatic heterocycles. The molecule has 1 unspecified atom stereocenters. The largest absolute Gasteiger partial charge is 0.416 e. The molecule has 0 aliphatic carbocycles. The van der Waals surface area contributed by atoms with Gasteiger partial charge in [-0.05, 0) is 37.2 Å². The topological polar surface area (TPSA) is 41.1 Å². The van der Waals surface area contributed by atoms with Crippen molar-refractivity contribution in [2.75, 3.05) is 13.1 Å². The van der Waals surface area contributed by atoms with Gasteiger partial charge in [0.15, 0.2) is 0 Å². The molecule has 0 aromatic heterocycles. The second kappa shape index (κ2) is 4.97. The average Bonchev–Trinajstić information content (AvgIpc) is 2.81. The first-order valence-corrected chi connectivity index (χ1v) is 5.65. The second-order valence-corrected chi connectivity index (χ2v) is 4.24. The molecular formula is C12H13F3N2O. The zero-order chi connectivity index (χ0) is 13.2. The SMILES string of the molecule is O=C(NC1CCNC1)c1ccc(C(F)(F)F)cc1. The van der Waals surface area contributed by atoms with Crippen LogP contribution >= 0.6 is 0 Å². The summed E-state index contributed by atoms with van der Waals surface area (Å²) in [7, 11) is 0. The molecule has 1 aromatic carbocycles. The number of hydrogen-bond acceptors (Lipinski definition) is 2. The summed E-state index contributed by atoms with van der Waals surface area (Å²) in [5, 5.41) is 5.87. The van der Waals surface area contributed by atoms with Gasteiger partial charge in [-0.25, -0.2) is 0 Å². The maximum Gasteiger partial charge on any atom is 0.416 e. The number of alkyl halides is 3. The molecule has 0 radical (unpaired) electrons. The number of benzene rings is 1. The summed E-state index contributed by atoms with van der Waals surface area (Å²) in [6.45, 7) is 1.55. The fraction of sp³-hybridized carbons (Fsp3) is 0.417. The third kappa shape index (κ3) is 3.01. The van der Waals surface area contributed by atoms with E-state index < -0.39 is 11.7 Å². The van der Waals surface area contributed by atoms with Crippen molar-refractivity contribution in [2.24, 2.45) is 0 Å². The molecule has 1 atom stereocenters. The smallest absolute Gasteiger partial charge is 0.348 e. The second-order valence-electron chi connectivity index (χ2n) is 4.24. The van der Waals surface area contributed by atoms with Crippen LogP contribution in [0.3, 0.4) is 0 Å². The van der Waals surface area contributed by atoms with Crippen molar-refractivity contribution in [1.29, 1.82) is 0 Å². The summed E-state index contributed by atoms with van der Waals surface area (Å²) < 4.78 is 37.0. The number of hydrogen-bond donors (Lipinski definition) is 2. The fourth-order valence-electron chi connectivity index (χ4n) is 1.86. The zero-order valence-electron chi connectivity index (χ0n) is 9.55. The van der Waals surface area contributed by atoms with Crippen LogP contribution < -0.4 is 10.6 Å². The minimum absolute atomic E-state index is 0.0554. The van der Waals surface area contributed by atoms with Crippen LogP contribution in [-0.4, -0.2) is 25.0 Å². The Bertz CT molecular complexity index is 422. The van der Waals surface area contributed by atoms with Crippen LogP contribution in [0.1, 0.15) is 22.3 Å². The van der Waals surface area contributed by atoms with Gasteiger partial charge in [0.25, 0.3) is 5.91 Å². The summed E-state index contributed by atoms with van der Waals surface area (Å²) >= 11 is 0. The average molecular weight is 258 g/mol. The predicted molar refractivity (Wildman–Crippen MR) is 60.2 cm³/mol. The van der Waals surface area contributed by atoms with E-state index in [9.17, 15) is 18.0 Å². The van der Waals surface area contributed by atoms with E-state index in [-0.39, 0.29) is 17.5 Å². The molecule has 0 bridgehead atoms. The van der Waals surface area contributed by atoms with Crippen LogP contribution in [-0.2, 0) is 6.18 Å². The lowest BCUT2D eigenvalue weighted by atomic mass is 10.1. The third-order valence-corrected chi connectivity index (χ3v) is 2.87. The maximum atomic E-state index is 12.3. The fourth-order valence-corrected chi connectivity index (χ4v) is 1.86. The van der Waals surface area contributed by atoms with Crippen molar-refractivity contribution in [2.45, 2.75) is 18.6 Å². The lowest BCUT2D eigenvalue weighted by Gasteiger charge is -2.12. The van der Waals surface area contributed by atoms with E-state index in [0.29, 0.717) is 6.54 Å². The standard InChI is InChI=1S/C12H13F3N2O/c13-12(14,15)9-3-1-8(2-4-9)11(18)17-10-5-6-16-7-10/h1-4,10,16H,5-7H2,(H,17,18). The van der Waals surface area contributed by atoms with Gasteiger partial charge in [-0.3, -0.25) is 4.79 Å². The highest BCUT2D eigenvalue weighted by molar-refractivity contribution is 5.94. The van der Waals surface area contributed by atoms with Crippen LogP contribution in [0, 0.1) is 0 Å². The van der Waals surface area contributed by atoms with E-state index in [1.54, 1.807) is 0 Å². The molecule has 2 N–H and O–H groups in total. The number of amides is 1. The summed E-state index contributed by atoms with van der Waals surface area (Å²) in [5.74, 6) is -0.336. The van der Waals surface area contributed by atoms with Crippen molar-refractivity contribution < 1.29 is 18.0 Å². The number of carbonyl (C=O) groups is 1. The van der Waals surface area contributed by atoms with Crippen molar-refractivity contribution in [3.8, 4) is 0 Å². The van der Waals surface area contributed by atoms with Crippen molar-refractivity contribution in [3.05, 3.63) is 35.4 Å². The molecule has 18 heavy (non-hydrogen) atoms. The van der Waals surface area contributed by atoms with Crippen molar-refractivity contribution in [1.82, 2.24) is 10.6 Å². The molecule has 98 valence electrons. The Hall–Kier alpha value is -1.56. The predicted octanol–water partition coefficient (Wildman–Crippen LogP) is 1.80. The Morgan fingerprint density at radius 3 is 2.44 bits per heavy atom. The minimum Gasteiger partial charge on any atom is -0.348 e. The Labute approximate surface area is 102 Å². The molecule has 1 aromatic rings. The van der Waals surface area contributed by atoms with Crippen LogP contribution in [0.25, 0.3) is 0 Å². The van der Waals surface area contributed by atoms with Gasteiger partial charge in [0, 0.05) is 18.2 Å². The van der Waals surface area contributed by atoms with Gasteiger partial charge in [-0.15, -0.1) is 0 Å². The van der Waals surface area contributed by atoms with Crippen molar-refractivity contribution >= 4 is 5.91 Å². The molecule has 1 saturated heterocycles. The number of nitrogens with one attached hydrogen (secondary N) is 2. The highest BCUT2D eigenvalue weighted by Crippen LogP contribution is 2.29. The molecule has 2 rings (SSSR count). The van der Waals surface area contributed by atoms with Crippen LogP contribution in [0.15, 0.2) is 24.3 Å². The number of rotatable bonds is 2. The number of halogens is 3. The van der Waals surface area contributed by atoms with Gasteiger partial charge in [-0.2, -0.15) is 13.2 Å². The quantitative estimate of drug-likeness (QED) is 0.849. The summed E-state index contributed by atoms with van der Waals surface area (Å²) in [4.78, 5) is 11.7. The van der Waals surface area contributed by atoms with Gasteiger partial charge in [0.2, 0.25) is 0 Å². The first kappa shape index (κ1) is 12.9. The summed E-state index contributed by atoms with van der Waals surface area (Å²) in [5.41, 5.74) is -0.503. The van der Waals surface area contributed by atoms with E-state index in [0.717, 1.165) is 25.1 Å². The van der Waals surface area contributed by atoms with Gasteiger partial charge >= 0.3 is 6.18 Å². The minimum atomic E-state index is -4.37. The van der Waals surface area contributed by atoms with E-state index in [2.05, 4.69) is 10.6 Å². The molecule has 1 heterocycles. The first-order valence-electron chi connectivity index (χ1n) is 5.65. The molecule has 6 heteroatoms. The van der Waals surface area contributed by atoms with Crippen LogP contribution in [0.2, 0.25) is 0 Å². The molecule has 3 nitrogen and oxygen atoms in total. The monoisotopic (exact) mass is 258 g/mol.